The van der Waals surface area contributed by atoms with Crippen LogP contribution in [0.25, 0.3) is 0 Å². The molecule has 2 atom stereocenters. The van der Waals surface area contributed by atoms with Crippen molar-refractivity contribution in [2.75, 3.05) is 39.5 Å². The second-order valence-corrected chi connectivity index (χ2v) is 9.08. The van der Waals surface area contributed by atoms with Gasteiger partial charge in [-0.25, -0.2) is 0 Å². The van der Waals surface area contributed by atoms with E-state index in [-0.39, 0.29) is 24.3 Å². The zero-order valence-corrected chi connectivity index (χ0v) is 18.7. The molecule has 2 rings (SSSR count). The number of rotatable bonds is 9. The van der Waals surface area contributed by atoms with Crippen molar-refractivity contribution in [2.45, 2.75) is 83.9 Å². The van der Waals surface area contributed by atoms with Crippen molar-refractivity contribution in [2.24, 2.45) is 5.92 Å². The highest BCUT2D eigenvalue weighted by molar-refractivity contribution is 5.72. The van der Waals surface area contributed by atoms with Crippen LogP contribution in [-0.2, 0) is 23.8 Å². The second kappa shape index (κ2) is 11.9. The summed E-state index contributed by atoms with van der Waals surface area (Å²) >= 11 is 0. The minimum Gasteiger partial charge on any atom is -0.466 e. The molecule has 0 aromatic carbocycles. The summed E-state index contributed by atoms with van der Waals surface area (Å²) in [6.45, 7) is 11.9. The number of ether oxygens (including phenoxy) is 3. The highest BCUT2D eigenvalue weighted by Crippen LogP contribution is 2.30. The Balaban J connectivity index is 1.81. The molecule has 0 aromatic heterocycles. The Kier molecular flexibility index (Phi) is 9.86. The average molecular weight is 413 g/mol. The molecule has 0 bridgehead atoms. The second-order valence-electron chi connectivity index (χ2n) is 9.08. The standard InChI is InChI=1S/C22H40N2O5/c1-5-28-21(26)17-8-13-24(18-6-11-23-12-7-18)19(16-17)9-14-27-15-10-20(25)29-22(2,3)4/h17-19,23H,5-16H2,1-4H3/t17?,19-/m0/s1. The zero-order valence-electron chi connectivity index (χ0n) is 18.7. The van der Waals surface area contributed by atoms with E-state index in [2.05, 4.69) is 10.2 Å². The molecule has 0 aromatic rings. The highest BCUT2D eigenvalue weighted by atomic mass is 16.6. The molecule has 2 aliphatic heterocycles. The number of esters is 2. The largest absolute Gasteiger partial charge is 0.466 e. The Morgan fingerprint density at radius 2 is 1.83 bits per heavy atom. The van der Waals surface area contributed by atoms with Crippen LogP contribution >= 0.6 is 0 Å². The van der Waals surface area contributed by atoms with Gasteiger partial charge >= 0.3 is 11.9 Å². The van der Waals surface area contributed by atoms with Crippen LogP contribution < -0.4 is 5.32 Å². The lowest BCUT2D eigenvalue weighted by molar-refractivity contribution is -0.156. The van der Waals surface area contributed by atoms with Gasteiger partial charge in [-0.15, -0.1) is 0 Å². The Labute approximate surface area is 175 Å². The lowest BCUT2D eigenvalue weighted by Gasteiger charge is -2.44. The Morgan fingerprint density at radius 3 is 2.48 bits per heavy atom. The van der Waals surface area contributed by atoms with E-state index >= 15 is 0 Å². The maximum Gasteiger partial charge on any atom is 0.309 e. The van der Waals surface area contributed by atoms with Gasteiger partial charge in [0, 0.05) is 18.7 Å². The van der Waals surface area contributed by atoms with Crippen molar-refractivity contribution in [3.05, 3.63) is 0 Å². The first kappa shape index (κ1) is 24.1. The maximum absolute atomic E-state index is 12.3. The van der Waals surface area contributed by atoms with Crippen molar-refractivity contribution in [1.29, 1.82) is 0 Å². The number of hydrogen-bond donors (Lipinski definition) is 1. The third-order valence-electron chi connectivity index (χ3n) is 5.62. The van der Waals surface area contributed by atoms with E-state index in [1.807, 2.05) is 27.7 Å². The van der Waals surface area contributed by atoms with Crippen molar-refractivity contribution in [1.82, 2.24) is 10.2 Å². The normalized spacial score (nSPS) is 24.3. The summed E-state index contributed by atoms with van der Waals surface area (Å²) in [5, 5.41) is 3.43. The minimum absolute atomic E-state index is 0.0142. The van der Waals surface area contributed by atoms with Crippen LogP contribution in [0.3, 0.4) is 0 Å². The van der Waals surface area contributed by atoms with E-state index in [0.29, 0.717) is 31.9 Å². The van der Waals surface area contributed by atoms with Gasteiger partial charge in [0.25, 0.3) is 0 Å². The van der Waals surface area contributed by atoms with Crippen LogP contribution in [0.2, 0.25) is 0 Å². The van der Waals surface area contributed by atoms with E-state index in [4.69, 9.17) is 14.2 Å². The summed E-state index contributed by atoms with van der Waals surface area (Å²) in [6.07, 6.45) is 5.15. The van der Waals surface area contributed by atoms with Crippen molar-refractivity contribution in [3.63, 3.8) is 0 Å². The lowest BCUT2D eigenvalue weighted by atomic mass is 9.87. The predicted molar refractivity (Wildman–Crippen MR) is 112 cm³/mol. The van der Waals surface area contributed by atoms with Crippen molar-refractivity contribution in [3.8, 4) is 0 Å². The quantitative estimate of drug-likeness (QED) is 0.461. The van der Waals surface area contributed by atoms with Crippen LogP contribution in [0.1, 0.15) is 66.2 Å². The first-order valence-electron chi connectivity index (χ1n) is 11.2. The molecule has 0 spiro atoms. The SMILES string of the molecule is CCOC(=O)C1CCN(C2CCNCC2)[C@@H](CCOCCC(=O)OC(C)(C)C)C1. The monoisotopic (exact) mass is 412 g/mol. The van der Waals surface area contributed by atoms with E-state index in [0.717, 1.165) is 51.7 Å². The molecule has 2 saturated heterocycles. The Bertz CT molecular complexity index is 514. The predicted octanol–water partition coefficient (Wildman–Crippen LogP) is 2.52. The Morgan fingerprint density at radius 1 is 1.10 bits per heavy atom. The fourth-order valence-electron chi connectivity index (χ4n) is 4.32. The van der Waals surface area contributed by atoms with Gasteiger partial charge in [0.05, 0.1) is 25.6 Å². The van der Waals surface area contributed by atoms with E-state index in [9.17, 15) is 9.59 Å². The Hall–Kier alpha value is -1.18. The molecule has 1 N–H and O–H groups in total. The smallest absolute Gasteiger partial charge is 0.309 e. The summed E-state index contributed by atoms with van der Waals surface area (Å²) in [5.41, 5.74) is -0.462. The van der Waals surface area contributed by atoms with Crippen LogP contribution in [0.5, 0.6) is 0 Å². The molecular weight excluding hydrogens is 372 g/mol. The fourth-order valence-corrected chi connectivity index (χ4v) is 4.32. The topological polar surface area (TPSA) is 77.1 Å². The summed E-state index contributed by atoms with van der Waals surface area (Å²) in [5.74, 6) is -0.304. The number of piperidine rings is 2. The van der Waals surface area contributed by atoms with Gasteiger partial charge in [-0.3, -0.25) is 14.5 Å². The highest BCUT2D eigenvalue weighted by Gasteiger charge is 2.36. The first-order valence-corrected chi connectivity index (χ1v) is 11.2. The molecule has 2 fully saturated rings. The van der Waals surface area contributed by atoms with Crippen LogP contribution in [0.15, 0.2) is 0 Å². The number of nitrogens with zero attached hydrogens (tertiary/aromatic N) is 1. The molecule has 168 valence electrons. The van der Waals surface area contributed by atoms with Gasteiger partial charge < -0.3 is 19.5 Å². The summed E-state index contributed by atoms with van der Waals surface area (Å²) in [7, 11) is 0. The number of carbonyl (C=O) groups is 2. The summed E-state index contributed by atoms with van der Waals surface area (Å²) < 4.78 is 16.3. The molecule has 7 heteroatoms. The maximum atomic E-state index is 12.3. The molecule has 0 saturated carbocycles. The molecule has 2 aliphatic rings. The van der Waals surface area contributed by atoms with Crippen LogP contribution in [0, 0.1) is 5.92 Å². The summed E-state index contributed by atoms with van der Waals surface area (Å²) in [4.78, 5) is 26.6. The third-order valence-corrected chi connectivity index (χ3v) is 5.62. The zero-order chi connectivity index (χ0) is 21.3. The van der Waals surface area contributed by atoms with Crippen molar-refractivity contribution < 1.29 is 23.8 Å². The molecule has 1 unspecified atom stereocenters. The molecule has 0 radical (unpaired) electrons. The van der Waals surface area contributed by atoms with Crippen molar-refractivity contribution >= 4 is 11.9 Å². The molecular formula is C22H40N2O5. The molecule has 0 amide bonds. The van der Waals surface area contributed by atoms with Gasteiger partial charge in [-0.1, -0.05) is 0 Å². The fraction of sp³-hybridized carbons (Fsp3) is 0.909. The average Bonchev–Trinajstić information content (AvgIpc) is 2.67. The molecule has 2 heterocycles. The van der Waals surface area contributed by atoms with Gasteiger partial charge in [-0.05, 0) is 79.4 Å². The van der Waals surface area contributed by atoms with Crippen LogP contribution in [-0.4, -0.2) is 74.0 Å². The van der Waals surface area contributed by atoms with E-state index < -0.39 is 5.60 Å². The number of carbonyl (C=O) groups excluding carboxylic acids is 2. The lowest BCUT2D eigenvalue weighted by Crippen LogP contribution is -2.52. The van der Waals surface area contributed by atoms with Gasteiger partial charge in [0.1, 0.15) is 5.60 Å². The molecule has 0 aliphatic carbocycles. The third kappa shape index (κ3) is 8.60. The number of nitrogens with one attached hydrogen (secondary N) is 1. The number of hydrogen-bond acceptors (Lipinski definition) is 7. The minimum atomic E-state index is -0.462. The van der Waals surface area contributed by atoms with E-state index in [1.165, 1.54) is 0 Å². The number of likely N-dealkylation sites (tertiary alicyclic amines) is 1. The molecule has 29 heavy (non-hydrogen) atoms. The first-order chi connectivity index (χ1) is 13.8. The summed E-state index contributed by atoms with van der Waals surface area (Å²) in [6, 6.07) is 0.897. The van der Waals surface area contributed by atoms with Gasteiger partial charge in [0.2, 0.25) is 0 Å². The van der Waals surface area contributed by atoms with Gasteiger partial charge in [-0.2, -0.15) is 0 Å². The molecule has 7 nitrogen and oxygen atoms in total. The van der Waals surface area contributed by atoms with E-state index in [1.54, 1.807) is 0 Å². The van der Waals surface area contributed by atoms with Gasteiger partial charge in [0.15, 0.2) is 0 Å². The van der Waals surface area contributed by atoms with Crippen LogP contribution in [0.4, 0.5) is 0 Å².